The summed E-state index contributed by atoms with van der Waals surface area (Å²) in [4.78, 5) is -0.169. The molecule has 62 valence electrons. The summed E-state index contributed by atoms with van der Waals surface area (Å²) in [7, 11) is 0. The van der Waals surface area contributed by atoms with Gasteiger partial charge in [0.1, 0.15) is 0 Å². The van der Waals surface area contributed by atoms with E-state index in [1.165, 1.54) is 5.57 Å². The van der Waals surface area contributed by atoms with E-state index in [1.54, 1.807) is 0 Å². The maximum Gasteiger partial charge on any atom is 0.0635 e. The van der Waals surface area contributed by atoms with Crippen molar-refractivity contribution in [2.24, 2.45) is 5.73 Å². The van der Waals surface area contributed by atoms with Crippen LogP contribution in [0.15, 0.2) is 23.8 Å². The number of allylic oxidation sites excluding steroid dienone is 3. The van der Waals surface area contributed by atoms with Crippen LogP contribution >= 0.6 is 11.6 Å². The van der Waals surface area contributed by atoms with Crippen LogP contribution < -0.4 is 5.73 Å². The molecule has 1 aliphatic carbocycles. The molecule has 0 amide bonds. The van der Waals surface area contributed by atoms with Gasteiger partial charge in [0.2, 0.25) is 0 Å². The second-order valence-electron chi connectivity index (χ2n) is 3.13. The van der Waals surface area contributed by atoms with Crippen molar-refractivity contribution in [2.45, 2.75) is 24.6 Å². The number of hydrogen-bond donors (Lipinski definition) is 1. The van der Waals surface area contributed by atoms with Crippen molar-refractivity contribution >= 4 is 11.6 Å². The molecule has 1 aliphatic rings. The molecule has 2 N–H and O–H groups in total. The van der Waals surface area contributed by atoms with Crippen molar-refractivity contribution in [1.82, 2.24) is 0 Å². The minimum atomic E-state index is -0.169. The van der Waals surface area contributed by atoms with E-state index >= 15 is 0 Å². The fourth-order valence-corrected chi connectivity index (χ4v) is 1.24. The van der Waals surface area contributed by atoms with E-state index < -0.39 is 0 Å². The lowest BCUT2D eigenvalue weighted by Crippen LogP contribution is -2.14. The number of nitrogens with two attached hydrogens (primary N) is 1. The van der Waals surface area contributed by atoms with Crippen LogP contribution in [0.1, 0.15) is 19.8 Å². The third-order valence-corrected chi connectivity index (χ3v) is 2.12. The molecule has 0 aliphatic heterocycles. The lowest BCUT2D eigenvalue weighted by Gasteiger charge is -2.19. The zero-order valence-corrected chi connectivity index (χ0v) is 7.56. The van der Waals surface area contributed by atoms with Gasteiger partial charge in [0, 0.05) is 0 Å². The zero-order chi connectivity index (χ0) is 8.32. The van der Waals surface area contributed by atoms with E-state index in [0.29, 0.717) is 0 Å². The molecule has 0 aromatic heterocycles. The molecule has 0 heterocycles. The summed E-state index contributed by atoms with van der Waals surface area (Å²) >= 11 is 6.07. The molecule has 1 atom stereocenters. The minimum absolute atomic E-state index is 0.169. The smallest absolute Gasteiger partial charge is 0.0635 e. The largest absolute Gasteiger partial charge is 0.330 e. The SMILES string of the molecule is CC1(Cl)C=CC(CCN)=CC1. The summed E-state index contributed by atoms with van der Waals surface area (Å²) in [6, 6.07) is 0. The van der Waals surface area contributed by atoms with Crippen molar-refractivity contribution in [3.63, 3.8) is 0 Å². The summed E-state index contributed by atoms with van der Waals surface area (Å²) in [6.45, 7) is 2.73. The van der Waals surface area contributed by atoms with Crippen LogP contribution in [0.4, 0.5) is 0 Å². The molecule has 1 nitrogen and oxygen atoms in total. The van der Waals surface area contributed by atoms with Gasteiger partial charge in [-0.3, -0.25) is 0 Å². The van der Waals surface area contributed by atoms with E-state index in [0.717, 1.165) is 19.4 Å². The van der Waals surface area contributed by atoms with Crippen LogP contribution in [0.3, 0.4) is 0 Å². The first-order chi connectivity index (χ1) is 5.14. The maximum atomic E-state index is 6.07. The van der Waals surface area contributed by atoms with Crippen LogP contribution in [0, 0.1) is 0 Å². The van der Waals surface area contributed by atoms with Gasteiger partial charge in [-0.25, -0.2) is 0 Å². The summed E-state index contributed by atoms with van der Waals surface area (Å²) in [5.74, 6) is 0. The molecular formula is C9H14ClN. The van der Waals surface area contributed by atoms with Crippen molar-refractivity contribution in [1.29, 1.82) is 0 Å². The molecule has 0 fully saturated rings. The monoisotopic (exact) mass is 171 g/mol. The molecular weight excluding hydrogens is 158 g/mol. The lowest BCUT2D eigenvalue weighted by molar-refractivity contribution is 0.767. The minimum Gasteiger partial charge on any atom is -0.330 e. The van der Waals surface area contributed by atoms with E-state index in [9.17, 15) is 0 Å². The molecule has 11 heavy (non-hydrogen) atoms. The number of halogens is 1. The Morgan fingerprint density at radius 2 is 2.45 bits per heavy atom. The fourth-order valence-electron chi connectivity index (χ4n) is 1.10. The first-order valence-corrected chi connectivity index (χ1v) is 4.29. The molecule has 0 aromatic carbocycles. The third-order valence-electron chi connectivity index (χ3n) is 1.84. The van der Waals surface area contributed by atoms with Gasteiger partial charge >= 0.3 is 0 Å². The van der Waals surface area contributed by atoms with Crippen LogP contribution in [0.5, 0.6) is 0 Å². The number of alkyl halides is 1. The quantitative estimate of drug-likeness (QED) is 0.634. The predicted molar refractivity (Wildman–Crippen MR) is 49.8 cm³/mol. The van der Waals surface area contributed by atoms with E-state index in [1.807, 2.05) is 13.0 Å². The molecule has 0 aromatic rings. The third kappa shape index (κ3) is 2.68. The van der Waals surface area contributed by atoms with Crippen LogP contribution in [0.25, 0.3) is 0 Å². The van der Waals surface area contributed by atoms with Crippen molar-refractivity contribution in [3.8, 4) is 0 Å². The van der Waals surface area contributed by atoms with Gasteiger partial charge in [-0.05, 0) is 26.3 Å². The van der Waals surface area contributed by atoms with Crippen LogP contribution in [0.2, 0.25) is 0 Å². The highest BCUT2D eigenvalue weighted by molar-refractivity contribution is 6.25. The van der Waals surface area contributed by atoms with E-state index in [-0.39, 0.29) is 4.87 Å². The van der Waals surface area contributed by atoms with Crippen molar-refractivity contribution < 1.29 is 0 Å². The van der Waals surface area contributed by atoms with Gasteiger partial charge in [0.15, 0.2) is 0 Å². The Labute approximate surface area is 72.9 Å². The summed E-state index contributed by atoms with van der Waals surface area (Å²) in [6.07, 6.45) is 8.16. The molecule has 0 spiro atoms. The van der Waals surface area contributed by atoms with Gasteiger partial charge in [0.05, 0.1) is 4.87 Å². The standard InChI is InChI=1S/C9H14ClN/c1-9(10)5-2-8(3-6-9)4-7-11/h2-3,5H,4,6-7,11H2,1H3. The summed E-state index contributed by atoms with van der Waals surface area (Å²) < 4.78 is 0. The van der Waals surface area contributed by atoms with Gasteiger partial charge < -0.3 is 5.73 Å². The Morgan fingerprint density at radius 3 is 2.91 bits per heavy atom. The highest BCUT2D eigenvalue weighted by Gasteiger charge is 2.17. The molecule has 0 bridgehead atoms. The van der Waals surface area contributed by atoms with Crippen molar-refractivity contribution in [3.05, 3.63) is 23.8 Å². The molecule has 0 saturated carbocycles. The highest BCUT2D eigenvalue weighted by atomic mass is 35.5. The maximum absolute atomic E-state index is 6.07. The Bertz CT molecular complexity index is 192. The Kier molecular flexibility index (Phi) is 2.74. The molecule has 0 saturated heterocycles. The Hall–Kier alpha value is -0.270. The molecule has 1 unspecified atom stereocenters. The fraction of sp³-hybridized carbons (Fsp3) is 0.556. The predicted octanol–water partition coefficient (Wildman–Crippen LogP) is 2.22. The average molecular weight is 172 g/mol. The van der Waals surface area contributed by atoms with Gasteiger partial charge in [0.25, 0.3) is 0 Å². The van der Waals surface area contributed by atoms with Crippen LogP contribution in [-0.2, 0) is 0 Å². The molecule has 0 radical (unpaired) electrons. The highest BCUT2D eigenvalue weighted by Crippen LogP contribution is 2.27. The van der Waals surface area contributed by atoms with E-state index in [4.69, 9.17) is 17.3 Å². The first-order valence-electron chi connectivity index (χ1n) is 3.91. The normalized spacial score (nSPS) is 30.3. The van der Waals surface area contributed by atoms with Gasteiger partial charge in [-0.2, -0.15) is 0 Å². The first kappa shape index (κ1) is 8.82. The van der Waals surface area contributed by atoms with Gasteiger partial charge in [-0.1, -0.05) is 23.8 Å². The number of rotatable bonds is 2. The van der Waals surface area contributed by atoms with Crippen LogP contribution in [-0.4, -0.2) is 11.4 Å². The van der Waals surface area contributed by atoms with Gasteiger partial charge in [-0.15, -0.1) is 11.6 Å². The second kappa shape index (κ2) is 3.42. The second-order valence-corrected chi connectivity index (χ2v) is 4.00. The Balaban J connectivity index is 2.53. The Morgan fingerprint density at radius 1 is 1.73 bits per heavy atom. The molecule has 2 heteroatoms. The number of hydrogen-bond acceptors (Lipinski definition) is 1. The average Bonchev–Trinajstić information content (AvgIpc) is 1.94. The topological polar surface area (TPSA) is 26.0 Å². The molecule has 1 rings (SSSR count). The summed E-state index contributed by atoms with van der Waals surface area (Å²) in [5.41, 5.74) is 6.73. The van der Waals surface area contributed by atoms with E-state index in [2.05, 4.69) is 12.2 Å². The lowest BCUT2D eigenvalue weighted by atomic mass is 9.96. The van der Waals surface area contributed by atoms with Crippen molar-refractivity contribution in [2.75, 3.05) is 6.54 Å². The summed E-state index contributed by atoms with van der Waals surface area (Å²) in [5, 5.41) is 0. The zero-order valence-electron chi connectivity index (χ0n) is 6.81.